The van der Waals surface area contributed by atoms with Gasteiger partial charge in [0.1, 0.15) is 5.82 Å². The van der Waals surface area contributed by atoms with E-state index in [2.05, 4.69) is 38.7 Å². The number of hydrogen-bond acceptors (Lipinski definition) is 2. The Hall–Kier alpha value is -1.44. The first kappa shape index (κ1) is 14.5. The molecule has 1 heterocycles. The highest BCUT2D eigenvalue weighted by Gasteiger charge is 2.25. The summed E-state index contributed by atoms with van der Waals surface area (Å²) < 4.78 is 0. The van der Waals surface area contributed by atoms with E-state index >= 15 is 0 Å². The SMILES string of the molecule is Cc1ncc2c(C)c(C(C)(C)C)cc(C3CCCC3)c2n1. The molecule has 1 aromatic heterocycles. The van der Waals surface area contributed by atoms with Crippen LogP contribution >= 0.6 is 0 Å². The smallest absolute Gasteiger partial charge is 0.125 e. The molecule has 1 aromatic carbocycles. The first-order valence-corrected chi connectivity index (χ1v) is 8.15. The van der Waals surface area contributed by atoms with E-state index in [-0.39, 0.29) is 5.41 Å². The maximum atomic E-state index is 4.79. The zero-order chi connectivity index (χ0) is 15.2. The number of aromatic nitrogens is 2. The molecule has 0 spiro atoms. The molecule has 0 aliphatic heterocycles. The molecule has 3 rings (SSSR count). The fourth-order valence-electron chi connectivity index (χ4n) is 3.77. The Morgan fingerprint density at radius 1 is 1.10 bits per heavy atom. The average molecular weight is 282 g/mol. The number of aryl methyl sites for hydroxylation is 2. The minimum Gasteiger partial charge on any atom is -0.241 e. The minimum atomic E-state index is 0.163. The van der Waals surface area contributed by atoms with Crippen molar-refractivity contribution in [1.29, 1.82) is 0 Å². The minimum absolute atomic E-state index is 0.163. The summed E-state index contributed by atoms with van der Waals surface area (Å²) in [5, 5.41) is 1.25. The molecule has 0 N–H and O–H groups in total. The van der Waals surface area contributed by atoms with Crippen LogP contribution in [0.4, 0.5) is 0 Å². The van der Waals surface area contributed by atoms with Gasteiger partial charge in [-0.2, -0.15) is 0 Å². The molecule has 1 aliphatic rings. The van der Waals surface area contributed by atoms with Crippen LogP contribution in [-0.4, -0.2) is 9.97 Å². The molecular formula is C19H26N2. The van der Waals surface area contributed by atoms with Crippen LogP contribution in [0.25, 0.3) is 10.9 Å². The van der Waals surface area contributed by atoms with Crippen LogP contribution in [0.15, 0.2) is 12.3 Å². The molecule has 1 fully saturated rings. The molecule has 0 radical (unpaired) electrons. The van der Waals surface area contributed by atoms with Crippen molar-refractivity contribution < 1.29 is 0 Å². The Morgan fingerprint density at radius 2 is 1.76 bits per heavy atom. The third-order valence-electron chi connectivity index (χ3n) is 4.89. The zero-order valence-corrected chi connectivity index (χ0v) is 14.0. The predicted molar refractivity (Wildman–Crippen MR) is 88.9 cm³/mol. The summed E-state index contributed by atoms with van der Waals surface area (Å²) in [7, 11) is 0. The van der Waals surface area contributed by atoms with E-state index in [1.807, 2.05) is 13.1 Å². The number of nitrogens with zero attached hydrogens (tertiary/aromatic N) is 2. The summed E-state index contributed by atoms with van der Waals surface area (Å²) in [5.74, 6) is 1.56. The fourth-order valence-corrected chi connectivity index (χ4v) is 3.77. The molecule has 0 unspecified atom stereocenters. The molecule has 0 saturated heterocycles. The third-order valence-corrected chi connectivity index (χ3v) is 4.89. The lowest BCUT2D eigenvalue weighted by Crippen LogP contribution is -2.15. The lowest BCUT2D eigenvalue weighted by atomic mass is 9.80. The lowest BCUT2D eigenvalue weighted by molar-refractivity contribution is 0.584. The topological polar surface area (TPSA) is 25.8 Å². The predicted octanol–water partition coefficient (Wildman–Crippen LogP) is 5.20. The normalized spacial score (nSPS) is 16.8. The fraction of sp³-hybridized carbons (Fsp3) is 0.579. The van der Waals surface area contributed by atoms with Crippen LogP contribution in [-0.2, 0) is 5.41 Å². The van der Waals surface area contributed by atoms with Gasteiger partial charge in [-0.25, -0.2) is 9.97 Å². The summed E-state index contributed by atoms with van der Waals surface area (Å²) in [6.07, 6.45) is 7.36. The molecule has 1 aliphatic carbocycles. The van der Waals surface area contributed by atoms with E-state index in [0.29, 0.717) is 5.92 Å². The van der Waals surface area contributed by atoms with E-state index in [1.54, 1.807) is 0 Å². The second-order valence-electron chi connectivity index (χ2n) is 7.55. The highest BCUT2D eigenvalue weighted by atomic mass is 14.9. The summed E-state index contributed by atoms with van der Waals surface area (Å²) in [6, 6.07) is 2.44. The summed E-state index contributed by atoms with van der Waals surface area (Å²) in [4.78, 5) is 9.24. The second kappa shape index (κ2) is 5.08. The van der Waals surface area contributed by atoms with Gasteiger partial charge in [-0.15, -0.1) is 0 Å². The highest BCUT2D eigenvalue weighted by molar-refractivity contribution is 5.86. The molecule has 1 saturated carbocycles. The van der Waals surface area contributed by atoms with Crippen molar-refractivity contribution in [1.82, 2.24) is 9.97 Å². The van der Waals surface area contributed by atoms with Gasteiger partial charge in [0.2, 0.25) is 0 Å². The summed E-state index contributed by atoms with van der Waals surface area (Å²) >= 11 is 0. The van der Waals surface area contributed by atoms with Crippen LogP contribution in [0.3, 0.4) is 0 Å². The van der Waals surface area contributed by atoms with Crippen LogP contribution in [0.1, 0.15) is 74.9 Å². The van der Waals surface area contributed by atoms with Crippen LogP contribution in [0.2, 0.25) is 0 Å². The second-order valence-corrected chi connectivity index (χ2v) is 7.55. The maximum Gasteiger partial charge on any atom is 0.125 e. The highest BCUT2D eigenvalue weighted by Crippen LogP contribution is 2.41. The molecule has 0 amide bonds. The van der Waals surface area contributed by atoms with E-state index in [1.165, 1.54) is 53.3 Å². The monoisotopic (exact) mass is 282 g/mol. The largest absolute Gasteiger partial charge is 0.241 e. The van der Waals surface area contributed by atoms with Gasteiger partial charge in [0.05, 0.1) is 5.52 Å². The quantitative estimate of drug-likeness (QED) is 0.718. The molecule has 2 aromatic rings. The first-order valence-electron chi connectivity index (χ1n) is 8.15. The van der Waals surface area contributed by atoms with Crippen molar-refractivity contribution in [3.63, 3.8) is 0 Å². The van der Waals surface area contributed by atoms with E-state index in [4.69, 9.17) is 4.98 Å². The Morgan fingerprint density at radius 3 is 2.38 bits per heavy atom. The van der Waals surface area contributed by atoms with Crippen molar-refractivity contribution >= 4 is 10.9 Å². The van der Waals surface area contributed by atoms with Crippen LogP contribution in [0.5, 0.6) is 0 Å². The van der Waals surface area contributed by atoms with Gasteiger partial charge >= 0.3 is 0 Å². The van der Waals surface area contributed by atoms with Crippen molar-refractivity contribution in [2.24, 2.45) is 0 Å². The standard InChI is InChI=1S/C19H26N2/c1-12-16-11-20-13(2)21-18(16)15(14-8-6-7-9-14)10-17(12)19(3,4)5/h10-11,14H,6-9H2,1-5H3. The summed E-state index contributed by atoms with van der Waals surface area (Å²) in [5.41, 5.74) is 5.61. The first-order chi connectivity index (χ1) is 9.88. The molecular weight excluding hydrogens is 256 g/mol. The Balaban J connectivity index is 2.32. The van der Waals surface area contributed by atoms with E-state index < -0.39 is 0 Å². The zero-order valence-electron chi connectivity index (χ0n) is 14.0. The van der Waals surface area contributed by atoms with Crippen LogP contribution in [0, 0.1) is 13.8 Å². The number of hydrogen-bond donors (Lipinski definition) is 0. The van der Waals surface area contributed by atoms with Gasteiger partial charge < -0.3 is 0 Å². The summed E-state index contributed by atoms with van der Waals surface area (Å²) in [6.45, 7) is 11.1. The van der Waals surface area contributed by atoms with Gasteiger partial charge in [0.25, 0.3) is 0 Å². The molecule has 21 heavy (non-hydrogen) atoms. The molecule has 2 nitrogen and oxygen atoms in total. The van der Waals surface area contributed by atoms with E-state index in [9.17, 15) is 0 Å². The lowest BCUT2D eigenvalue weighted by Gasteiger charge is -2.25. The van der Waals surface area contributed by atoms with Crippen molar-refractivity contribution in [2.75, 3.05) is 0 Å². The van der Waals surface area contributed by atoms with Crippen molar-refractivity contribution in [2.45, 2.75) is 71.6 Å². The van der Waals surface area contributed by atoms with Gasteiger partial charge in [-0.1, -0.05) is 39.7 Å². The average Bonchev–Trinajstić information content (AvgIpc) is 2.91. The van der Waals surface area contributed by atoms with Crippen molar-refractivity contribution in [3.05, 3.63) is 34.8 Å². The molecule has 0 atom stereocenters. The Kier molecular flexibility index (Phi) is 3.51. The van der Waals surface area contributed by atoms with E-state index in [0.717, 1.165) is 5.82 Å². The van der Waals surface area contributed by atoms with Gasteiger partial charge in [0, 0.05) is 11.6 Å². The Bertz CT molecular complexity index is 674. The number of rotatable bonds is 1. The van der Waals surface area contributed by atoms with Gasteiger partial charge in [0.15, 0.2) is 0 Å². The molecule has 112 valence electrons. The Labute approximate surface area is 128 Å². The molecule has 0 bridgehead atoms. The number of benzene rings is 1. The molecule has 2 heteroatoms. The number of fused-ring (bicyclic) bond motifs is 1. The van der Waals surface area contributed by atoms with Gasteiger partial charge in [-0.3, -0.25) is 0 Å². The van der Waals surface area contributed by atoms with Gasteiger partial charge in [-0.05, 0) is 54.7 Å². The third kappa shape index (κ3) is 2.56. The van der Waals surface area contributed by atoms with Crippen LogP contribution < -0.4 is 0 Å². The maximum absolute atomic E-state index is 4.79. The van der Waals surface area contributed by atoms with Crippen molar-refractivity contribution in [3.8, 4) is 0 Å².